The molecule has 0 saturated carbocycles. The number of amides is 3. The lowest BCUT2D eigenvalue weighted by atomic mass is 9.85. The Morgan fingerprint density at radius 1 is 1.14 bits per heavy atom. The SMILES string of the molecule is COc1ccc(NC(=O)[C@@H](C)N2C(=O)[C@H]3CC=CC[C@H]3C2=O)cc1OC(F)F. The number of likely N-dealkylation sites (tertiary alicyclic amines) is 1. The van der Waals surface area contributed by atoms with Gasteiger partial charge >= 0.3 is 6.61 Å². The number of nitrogens with zero attached hydrogens (tertiary/aromatic N) is 1. The minimum absolute atomic E-state index is 0.0767. The molecule has 1 fully saturated rings. The molecule has 1 heterocycles. The number of carbonyl (C=O) groups is 3. The number of methoxy groups -OCH3 is 1. The van der Waals surface area contributed by atoms with Gasteiger partial charge in [0.1, 0.15) is 6.04 Å². The molecule has 150 valence electrons. The molecule has 0 spiro atoms. The van der Waals surface area contributed by atoms with Crippen LogP contribution >= 0.6 is 0 Å². The van der Waals surface area contributed by atoms with E-state index in [1.807, 2.05) is 12.2 Å². The van der Waals surface area contributed by atoms with Crippen LogP contribution in [0.15, 0.2) is 30.4 Å². The zero-order valence-corrected chi connectivity index (χ0v) is 15.4. The van der Waals surface area contributed by atoms with E-state index in [1.165, 1.54) is 32.2 Å². The molecule has 7 nitrogen and oxygen atoms in total. The molecule has 1 aromatic carbocycles. The van der Waals surface area contributed by atoms with Crippen molar-refractivity contribution in [2.24, 2.45) is 11.8 Å². The summed E-state index contributed by atoms with van der Waals surface area (Å²) in [7, 11) is 1.30. The number of anilines is 1. The molecule has 0 unspecified atom stereocenters. The van der Waals surface area contributed by atoms with Crippen LogP contribution in [0.2, 0.25) is 0 Å². The summed E-state index contributed by atoms with van der Waals surface area (Å²) >= 11 is 0. The number of imide groups is 1. The number of halogens is 2. The Morgan fingerprint density at radius 2 is 1.75 bits per heavy atom. The molecule has 1 N–H and O–H groups in total. The summed E-state index contributed by atoms with van der Waals surface area (Å²) in [6.45, 7) is -1.61. The van der Waals surface area contributed by atoms with E-state index in [-0.39, 0.29) is 29.0 Å². The predicted octanol–water partition coefficient (Wildman–Crippen LogP) is 2.57. The zero-order chi connectivity index (χ0) is 20.4. The smallest absolute Gasteiger partial charge is 0.387 e. The Morgan fingerprint density at radius 3 is 2.29 bits per heavy atom. The average molecular weight is 394 g/mol. The van der Waals surface area contributed by atoms with Crippen molar-refractivity contribution in [1.29, 1.82) is 0 Å². The van der Waals surface area contributed by atoms with Crippen LogP contribution in [0.5, 0.6) is 11.5 Å². The minimum Gasteiger partial charge on any atom is -0.493 e. The number of allylic oxidation sites excluding steroid dienone is 2. The number of carbonyl (C=O) groups excluding carboxylic acids is 3. The topological polar surface area (TPSA) is 84.9 Å². The lowest BCUT2D eigenvalue weighted by Crippen LogP contribution is -2.46. The van der Waals surface area contributed by atoms with Gasteiger partial charge in [-0.25, -0.2) is 0 Å². The van der Waals surface area contributed by atoms with Gasteiger partial charge in [0.05, 0.1) is 18.9 Å². The Kier molecular flexibility index (Phi) is 5.62. The average Bonchev–Trinajstić information content (AvgIpc) is 2.92. The molecule has 28 heavy (non-hydrogen) atoms. The molecule has 0 bridgehead atoms. The van der Waals surface area contributed by atoms with E-state index in [9.17, 15) is 23.2 Å². The van der Waals surface area contributed by atoms with Gasteiger partial charge in [-0.15, -0.1) is 0 Å². The van der Waals surface area contributed by atoms with Gasteiger partial charge in [0.15, 0.2) is 11.5 Å². The van der Waals surface area contributed by atoms with Crippen LogP contribution < -0.4 is 14.8 Å². The fourth-order valence-corrected chi connectivity index (χ4v) is 3.51. The van der Waals surface area contributed by atoms with Crippen molar-refractivity contribution in [2.45, 2.75) is 32.4 Å². The van der Waals surface area contributed by atoms with Crippen LogP contribution in [0.25, 0.3) is 0 Å². The van der Waals surface area contributed by atoms with Crippen LogP contribution in [-0.2, 0) is 14.4 Å². The maximum absolute atomic E-state index is 12.6. The van der Waals surface area contributed by atoms with Crippen molar-refractivity contribution < 1.29 is 32.6 Å². The zero-order valence-electron chi connectivity index (χ0n) is 15.4. The van der Waals surface area contributed by atoms with Gasteiger partial charge in [0.25, 0.3) is 0 Å². The van der Waals surface area contributed by atoms with E-state index >= 15 is 0 Å². The number of benzene rings is 1. The Hall–Kier alpha value is -2.97. The first-order valence-electron chi connectivity index (χ1n) is 8.79. The molecule has 3 atom stereocenters. The van der Waals surface area contributed by atoms with E-state index < -0.39 is 30.4 Å². The normalized spacial score (nSPS) is 22.2. The van der Waals surface area contributed by atoms with Crippen molar-refractivity contribution in [3.05, 3.63) is 30.4 Å². The Bertz CT molecular complexity index is 801. The first-order chi connectivity index (χ1) is 13.3. The second-order valence-corrected chi connectivity index (χ2v) is 6.61. The van der Waals surface area contributed by atoms with E-state index in [4.69, 9.17) is 4.74 Å². The van der Waals surface area contributed by atoms with Crippen LogP contribution in [0.1, 0.15) is 19.8 Å². The molecule has 3 rings (SSSR count). The number of alkyl halides is 2. The first-order valence-corrected chi connectivity index (χ1v) is 8.79. The number of hydrogen-bond donors (Lipinski definition) is 1. The molecular weight excluding hydrogens is 374 g/mol. The van der Waals surface area contributed by atoms with Gasteiger partial charge in [-0.05, 0) is 31.9 Å². The molecule has 1 aliphatic heterocycles. The largest absolute Gasteiger partial charge is 0.493 e. The van der Waals surface area contributed by atoms with Gasteiger partial charge in [-0.1, -0.05) is 12.2 Å². The highest BCUT2D eigenvalue weighted by Crippen LogP contribution is 2.36. The number of hydrogen-bond acceptors (Lipinski definition) is 5. The quantitative estimate of drug-likeness (QED) is 0.592. The van der Waals surface area contributed by atoms with Crippen molar-refractivity contribution in [1.82, 2.24) is 4.90 Å². The molecule has 1 aromatic rings. The standard InChI is InChI=1S/C19H20F2N2O5/c1-10(23-17(25)12-5-3-4-6-13(12)18(23)26)16(24)22-11-7-8-14(27-2)15(9-11)28-19(20)21/h3-4,7-10,12-13,19H,5-6H2,1-2H3,(H,22,24)/t10-,12-,13+/m1/s1. The van der Waals surface area contributed by atoms with E-state index in [0.29, 0.717) is 12.8 Å². The highest BCUT2D eigenvalue weighted by molar-refractivity contribution is 6.10. The van der Waals surface area contributed by atoms with Crippen molar-refractivity contribution in [3.63, 3.8) is 0 Å². The second-order valence-electron chi connectivity index (χ2n) is 6.61. The number of nitrogens with one attached hydrogen (secondary N) is 1. The number of rotatable bonds is 6. The van der Waals surface area contributed by atoms with Crippen molar-refractivity contribution in [3.8, 4) is 11.5 Å². The first kappa shape index (κ1) is 19.8. The molecule has 1 aliphatic carbocycles. The molecule has 2 aliphatic rings. The summed E-state index contributed by atoms with van der Waals surface area (Å²) in [5, 5.41) is 2.52. The van der Waals surface area contributed by atoms with Gasteiger partial charge in [0, 0.05) is 11.8 Å². The number of ether oxygens (including phenoxy) is 2. The molecule has 3 amide bonds. The molecule has 0 radical (unpaired) electrons. The van der Waals surface area contributed by atoms with E-state index in [2.05, 4.69) is 10.1 Å². The summed E-state index contributed by atoms with van der Waals surface area (Å²) in [5.74, 6) is -2.36. The Balaban J connectivity index is 1.74. The van der Waals surface area contributed by atoms with E-state index in [0.717, 1.165) is 4.90 Å². The van der Waals surface area contributed by atoms with E-state index in [1.54, 1.807) is 0 Å². The van der Waals surface area contributed by atoms with Gasteiger partial charge < -0.3 is 14.8 Å². The molecule has 0 aromatic heterocycles. The third kappa shape index (κ3) is 3.69. The lowest BCUT2D eigenvalue weighted by Gasteiger charge is -2.22. The monoisotopic (exact) mass is 394 g/mol. The van der Waals surface area contributed by atoms with Crippen molar-refractivity contribution >= 4 is 23.4 Å². The predicted molar refractivity (Wildman–Crippen MR) is 94.9 cm³/mol. The molecule has 9 heteroatoms. The maximum Gasteiger partial charge on any atom is 0.387 e. The van der Waals surface area contributed by atoms with Crippen LogP contribution in [0.4, 0.5) is 14.5 Å². The van der Waals surface area contributed by atoms with Crippen molar-refractivity contribution in [2.75, 3.05) is 12.4 Å². The third-order valence-electron chi connectivity index (χ3n) is 4.96. The fourth-order valence-electron chi connectivity index (χ4n) is 3.51. The third-order valence-corrected chi connectivity index (χ3v) is 4.96. The number of fused-ring (bicyclic) bond motifs is 1. The maximum atomic E-state index is 12.6. The Labute approximate surface area is 160 Å². The second kappa shape index (κ2) is 7.95. The van der Waals surface area contributed by atoms with Crippen LogP contribution in [0, 0.1) is 11.8 Å². The molecular formula is C19H20F2N2O5. The fraction of sp³-hybridized carbons (Fsp3) is 0.421. The van der Waals surface area contributed by atoms with Gasteiger partial charge in [-0.3, -0.25) is 19.3 Å². The van der Waals surface area contributed by atoms with Gasteiger partial charge in [0.2, 0.25) is 17.7 Å². The van der Waals surface area contributed by atoms with Crippen LogP contribution in [0.3, 0.4) is 0 Å². The highest BCUT2D eigenvalue weighted by atomic mass is 19.3. The van der Waals surface area contributed by atoms with Gasteiger partial charge in [-0.2, -0.15) is 8.78 Å². The summed E-state index contributed by atoms with van der Waals surface area (Å²) in [5.41, 5.74) is 0.173. The van der Waals surface area contributed by atoms with Crippen LogP contribution in [-0.4, -0.2) is 42.4 Å². The minimum atomic E-state index is -3.06. The highest BCUT2D eigenvalue weighted by Gasteiger charge is 2.50. The summed E-state index contributed by atoms with van der Waals surface area (Å²) in [4.78, 5) is 38.7. The lowest BCUT2D eigenvalue weighted by molar-refractivity contribution is -0.146. The summed E-state index contributed by atoms with van der Waals surface area (Å²) in [6, 6.07) is 2.96. The summed E-state index contributed by atoms with van der Waals surface area (Å²) < 4.78 is 34.4. The summed E-state index contributed by atoms with van der Waals surface area (Å²) in [6.07, 6.45) is 4.69. The molecule has 1 saturated heterocycles.